The van der Waals surface area contributed by atoms with Crippen LogP contribution in [-0.4, -0.2) is 22.0 Å². The van der Waals surface area contributed by atoms with Crippen molar-refractivity contribution in [2.75, 3.05) is 12.4 Å². The first-order chi connectivity index (χ1) is 13.2. The highest BCUT2D eigenvalue weighted by molar-refractivity contribution is 5.94. The van der Waals surface area contributed by atoms with Gasteiger partial charge in [-0.3, -0.25) is 4.98 Å². The molecule has 1 N–H and O–H groups in total. The lowest BCUT2D eigenvalue weighted by atomic mass is 10.0. The zero-order valence-electron chi connectivity index (χ0n) is 14.4. The molecule has 0 spiro atoms. The molecule has 0 atom stereocenters. The molecule has 0 amide bonds. The number of fused-ring (bicyclic) bond motifs is 1. The Labute approximate surface area is 155 Å². The molecule has 4 aromatic rings. The van der Waals surface area contributed by atoms with Crippen molar-refractivity contribution in [3.8, 4) is 28.6 Å². The maximum absolute atomic E-state index is 14.4. The maximum Gasteiger partial charge on any atom is 0.163 e. The van der Waals surface area contributed by atoms with Crippen LogP contribution < -0.4 is 5.32 Å². The number of hydrogen-bond acceptors (Lipinski definition) is 5. The van der Waals surface area contributed by atoms with Gasteiger partial charge in [-0.2, -0.15) is 5.26 Å². The number of pyridine rings is 1. The Kier molecular flexibility index (Phi) is 4.19. The second kappa shape index (κ2) is 6.81. The molecule has 0 aliphatic heterocycles. The zero-order chi connectivity index (χ0) is 18.8. The summed E-state index contributed by atoms with van der Waals surface area (Å²) in [6.45, 7) is 0. The fraction of sp³-hybridized carbons (Fsp3) is 0.0476. The molecule has 0 radical (unpaired) electrons. The molecular weight excluding hydrogens is 341 g/mol. The molecule has 130 valence electrons. The van der Waals surface area contributed by atoms with Crippen LogP contribution in [-0.2, 0) is 0 Å². The fourth-order valence-electron chi connectivity index (χ4n) is 2.93. The van der Waals surface area contributed by atoms with Crippen molar-refractivity contribution < 1.29 is 4.39 Å². The van der Waals surface area contributed by atoms with Gasteiger partial charge in [0, 0.05) is 36.0 Å². The van der Waals surface area contributed by atoms with Gasteiger partial charge in [-0.05, 0) is 42.0 Å². The minimum absolute atomic E-state index is 0.289. The van der Waals surface area contributed by atoms with E-state index in [1.54, 1.807) is 31.6 Å². The van der Waals surface area contributed by atoms with Crippen molar-refractivity contribution in [3.05, 3.63) is 72.3 Å². The fourth-order valence-corrected chi connectivity index (χ4v) is 2.93. The van der Waals surface area contributed by atoms with Gasteiger partial charge in [-0.25, -0.2) is 14.4 Å². The van der Waals surface area contributed by atoms with E-state index in [0.717, 1.165) is 16.5 Å². The summed E-state index contributed by atoms with van der Waals surface area (Å²) in [4.78, 5) is 13.3. The third-order valence-corrected chi connectivity index (χ3v) is 4.26. The average molecular weight is 355 g/mol. The van der Waals surface area contributed by atoms with Crippen LogP contribution in [0.3, 0.4) is 0 Å². The van der Waals surface area contributed by atoms with Crippen LogP contribution in [0.2, 0.25) is 0 Å². The van der Waals surface area contributed by atoms with E-state index in [9.17, 15) is 4.39 Å². The SMILES string of the molecule is CNc1nc(-c2cccnc2)nc2ccc(-c3ccc(C#N)cc3F)cc12. The molecule has 0 bridgehead atoms. The minimum Gasteiger partial charge on any atom is -0.373 e. The predicted molar refractivity (Wildman–Crippen MR) is 102 cm³/mol. The van der Waals surface area contributed by atoms with Crippen molar-refractivity contribution in [1.82, 2.24) is 15.0 Å². The quantitative estimate of drug-likeness (QED) is 0.589. The first kappa shape index (κ1) is 16.6. The van der Waals surface area contributed by atoms with E-state index in [2.05, 4.69) is 20.3 Å². The van der Waals surface area contributed by atoms with Crippen LogP contribution in [0, 0.1) is 17.1 Å². The number of aromatic nitrogens is 3. The highest BCUT2D eigenvalue weighted by Crippen LogP contribution is 2.30. The lowest BCUT2D eigenvalue weighted by molar-refractivity contribution is 0.631. The van der Waals surface area contributed by atoms with Crippen LogP contribution in [0.25, 0.3) is 33.4 Å². The first-order valence-corrected chi connectivity index (χ1v) is 8.29. The molecule has 0 unspecified atom stereocenters. The Hall–Kier alpha value is -3.85. The van der Waals surface area contributed by atoms with Crippen LogP contribution in [0.4, 0.5) is 10.2 Å². The third-order valence-electron chi connectivity index (χ3n) is 4.26. The standard InChI is InChI=1S/C21H14FN5/c1-24-21-17-10-14(16-6-4-13(11-23)9-18(16)22)5-7-19(17)26-20(27-21)15-3-2-8-25-12-15/h2-10,12H,1H3,(H,24,26,27). The van der Waals surface area contributed by atoms with E-state index in [1.807, 2.05) is 36.4 Å². The van der Waals surface area contributed by atoms with Crippen LogP contribution >= 0.6 is 0 Å². The zero-order valence-corrected chi connectivity index (χ0v) is 14.4. The van der Waals surface area contributed by atoms with Gasteiger partial charge >= 0.3 is 0 Å². The van der Waals surface area contributed by atoms with E-state index in [0.29, 0.717) is 22.8 Å². The summed E-state index contributed by atoms with van der Waals surface area (Å²) < 4.78 is 14.4. The first-order valence-electron chi connectivity index (χ1n) is 8.29. The van der Waals surface area contributed by atoms with Gasteiger partial charge in [0.25, 0.3) is 0 Å². The molecule has 0 saturated carbocycles. The van der Waals surface area contributed by atoms with Crippen molar-refractivity contribution in [2.45, 2.75) is 0 Å². The van der Waals surface area contributed by atoms with Gasteiger partial charge in [0.05, 0.1) is 17.1 Å². The topological polar surface area (TPSA) is 74.5 Å². The van der Waals surface area contributed by atoms with Gasteiger partial charge in [-0.1, -0.05) is 12.1 Å². The lowest BCUT2D eigenvalue weighted by Crippen LogP contribution is -1.99. The van der Waals surface area contributed by atoms with Crippen molar-refractivity contribution in [2.24, 2.45) is 0 Å². The Morgan fingerprint density at radius 3 is 2.63 bits per heavy atom. The molecule has 4 rings (SSSR count). The van der Waals surface area contributed by atoms with Crippen molar-refractivity contribution in [1.29, 1.82) is 5.26 Å². The Morgan fingerprint density at radius 1 is 1.04 bits per heavy atom. The summed E-state index contributed by atoms with van der Waals surface area (Å²) in [7, 11) is 1.78. The molecule has 0 fully saturated rings. The molecule has 2 heterocycles. The van der Waals surface area contributed by atoms with Crippen LogP contribution in [0.5, 0.6) is 0 Å². The number of nitriles is 1. The van der Waals surface area contributed by atoms with E-state index in [-0.39, 0.29) is 5.56 Å². The Morgan fingerprint density at radius 2 is 1.93 bits per heavy atom. The number of halogens is 1. The Balaban J connectivity index is 1.87. The number of hydrogen-bond donors (Lipinski definition) is 1. The molecule has 2 aromatic heterocycles. The minimum atomic E-state index is -0.438. The predicted octanol–water partition coefficient (Wildman–Crippen LogP) is 4.41. The number of nitrogens with one attached hydrogen (secondary N) is 1. The summed E-state index contributed by atoms with van der Waals surface area (Å²) in [6.07, 6.45) is 3.41. The monoisotopic (exact) mass is 355 g/mol. The molecule has 0 aliphatic carbocycles. The van der Waals surface area contributed by atoms with E-state index in [4.69, 9.17) is 5.26 Å². The molecule has 27 heavy (non-hydrogen) atoms. The molecule has 5 nitrogen and oxygen atoms in total. The number of rotatable bonds is 3. The third kappa shape index (κ3) is 3.07. The average Bonchev–Trinajstić information content (AvgIpc) is 2.73. The number of benzene rings is 2. The van der Waals surface area contributed by atoms with Crippen LogP contribution in [0.1, 0.15) is 5.56 Å². The number of nitrogens with zero attached hydrogens (tertiary/aromatic N) is 4. The lowest BCUT2D eigenvalue weighted by Gasteiger charge is -2.10. The largest absolute Gasteiger partial charge is 0.373 e. The molecule has 2 aromatic carbocycles. The van der Waals surface area contributed by atoms with Gasteiger partial charge < -0.3 is 5.32 Å². The molecule has 6 heteroatoms. The summed E-state index contributed by atoms with van der Waals surface area (Å²) in [5, 5.41) is 12.8. The Bertz CT molecular complexity index is 1180. The normalized spacial score (nSPS) is 10.6. The van der Waals surface area contributed by atoms with Crippen molar-refractivity contribution in [3.63, 3.8) is 0 Å². The highest BCUT2D eigenvalue weighted by Gasteiger charge is 2.12. The molecule has 0 saturated heterocycles. The van der Waals surface area contributed by atoms with E-state index >= 15 is 0 Å². The maximum atomic E-state index is 14.4. The van der Waals surface area contributed by atoms with Crippen molar-refractivity contribution >= 4 is 16.7 Å². The number of anilines is 1. The summed E-state index contributed by atoms with van der Waals surface area (Å²) >= 11 is 0. The van der Waals surface area contributed by atoms with Gasteiger partial charge in [0.1, 0.15) is 11.6 Å². The summed E-state index contributed by atoms with van der Waals surface area (Å²) in [5.74, 6) is 0.777. The molecule has 0 aliphatic rings. The van der Waals surface area contributed by atoms with Gasteiger partial charge in [0.15, 0.2) is 5.82 Å². The molecular formula is C21H14FN5. The smallest absolute Gasteiger partial charge is 0.163 e. The summed E-state index contributed by atoms with van der Waals surface area (Å²) in [5.41, 5.74) is 2.97. The van der Waals surface area contributed by atoms with E-state index in [1.165, 1.54) is 6.07 Å². The van der Waals surface area contributed by atoms with Gasteiger partial charge in [-0.15, -0.1) is 0 Å². The highest BCUT2D eigenvalue weighted by atomic mass is 19.1. The van der Waals surface area contributed by atoms with Crippen LogP contribution in [0.15, 0.2) is 60.9 Å². The summed E-state index contributed by atoms with van der Waals surface area (Å²) in [6, 6.07) is 15.6. The van der Waals surface area contributed by atoms with Gasteiger partial charge in [0.2, 0.25) is 0 Å². The second-order valence-electron chi connectivity index (χ2n) is 5.93. The second-order valence-corrected chi connectivity index (χ2v) is 5.93. The van der Waals surface area contributed by atoms with E-state index < -0.39 is 5.82 Å².